The molecule has 1 aromatic rings. The van der Waals surface area contributed by atoms with Crippen LogP contribution in [0.5, 0.6) is 0 Å². The first-order valence-electron chi connectivity index (χ1n) is 4.86. The van der Waals surface area contributed by atoms with Gasteiger partial charge in [0.2, 0.25) is 0 Å². The molecule has 0 bridgehead atoms. The molecule has 0 radical (unpaired) electrons. The first-order chi connectivity index (χ1) is 7.68. The number of morpholine rings is 1. The van der Waals surface area contributed by atoms with Crippen molar-refractivity contribution >= 4 is 29.1 Å². The van der Waals surface area contributed by atoms with E-state index in [1.54, 1.807) is 4.90 Å². The van der Waals surface area contributed by atoms with E-state index in [9.17, 15) is 4.79 Å². The zero-order valence-corrected chi connectivity index (χ0v) is 9.96. The van der Waals surface area contributed by atoms with E-state index in [0.29, 0.717) is 36.9 Å². The van der Waals surface area contributed by atoms with E-state index in [0.717, 1.165) is 0 Å². The van der Waals surface area contributed by atoms with Gasteiger partial charge in [-0.1, -0.05) is 23.2 Å². The lowest BCUT2D eigenvalue weighted by Gasteiger charge is -2.27. The van der Waals surface area contributed by atoms with Crippen LogP contribution in [0, 0.1) is 0 Å². The number of carbonyl (C=O) groups is 1. The van der Waals surface area contributed by atoms with Crippen molar-refractivity contribution in [3.8, 4) is 0 Å². The molecule has 1 aliphatic heterocycles. The average molecular weight is 261 g/mol. The predicted molar refractivity (Wildman–Crippen MR) is 61.0 cm³/mol. The highest BCUT2D eigenvalue weighted by Crippen LogP contribution is 2.19. The van der Waals surface area contributed by atoms with Crippen molar-refractivity contribution in [2.45, 2.75) is 0 Å². The minimum absolute atomic E-state index is 0.150. The summed E-state index contributed by atoms with van der Waals surface area (Å²) in [7, 11) is 0. The van der Waals surface area contributed by atoms with Crippen LogP contribution in [-0.2, 0) is 4.74 Å². The molecule has 1 aromatic heterocycles. The molecule has 0 spiro atoms. The van der Waals surface area contributed by atoms with E-state index in [1.165, 1.54) is 12.3 Å². The van der Waals surface area contributed by atoms with Gasteiger partial charge >= 0.3 is 0 Å². The first kappa shape index (κ1) is 11.6. The van der Waals surface area contributed by atoms with Crippen molar-refractivity contribution in [3.63, 3.8) is 0 Å². The Balaban J connectivity index is 2.22. The van der Waals surface area contributed by atoms with E-state index < -0.39 is 0 Å². The molecule has 86 valence electrons. The SMILES string of the molecule is O=C(c1cc(Cl)cnc1Cl)N1CCOCC1. The summed E-state index contributed by atoms with van der Waals surface area (Å²) in [5.74, 6) is -0.150. The fourth-order valence-electron chi connectivity index (χ4n) is 1.51. The topological polar surface area (TPSA) is 42.4 Å². The van der Waals surface area contributed by atoms with Crippen LogP contribution in [0.3, 0.4) is 0 Å². The quantitative estimate of drug-likeness (QED) is 0.724. The van der Waals surface area contributed by atoms with Crippen LogP contribution >= 0.6 is 23.2 Å². The molecular weight excluding hydrogens is 251 g/mol. The van der Waals surface area contributed by atoms with Gasteiger partial charge in [-0.3, -0.25) is 4.79 Å². The number of halogens is 2. The van der Waals surface area contributed by atoms with Crippen LogP contribution in [-0.4, -0.2) is 42.1 Å². The molecule has 0 aliphatic carbocycles. The van der Waals surface area contributed by atoms with Gasteiger partial charge in [0.05, 0.1) is 23.8 Å². The van der Waals surface area contributed by atoms with Crippen molar-refractivity contribution in [3.05, 3.63) is 28.0 Å². The Hall–Kier alpha value is -0.840. The zero-order chi connectivity index (χ0) is 11.5. The Morgan fingerprint density at radius 2 is 2.06 bits per heavy atom. The Kier molecular flexibility index (Phi) is 3.63. The summed E-state index contributed by atoms with van der Waals surface area (Å²) < 4.78 is 5.17. The molecule has 4 nitrogen and oxygen atoms in total. The number of aromatic nitrogens is 1. The van der Waals surface area contributed by atoms with Crippen LogP contribution in [0.25, 0.3) is 0 Å². The van der Waals surface area contributed by atoms with Gasteiger partial charge < -0.3 is 9.64 Å². The minimum Gasteiger partial charge on any atom is -0.378 e. The van der Waals surface area contributed by atoms with Crippen molar-refractivity contribution < 1.29 is 9.53 Å². The maximum absolute atomic E-state index is 12.1. The first-order valence-corrected chi connectivity index (χ1v) is 5.62. The summed E-state index contributed by atoms with van der Waals surface area (Å²) in [6.07, 6.45) is 1.42. The third-order valence-electron chi connectivity index (χ3n) is 2.33. The lowest BCUT2D eigenvalue weighted by molar-refractivity contribution is 0.0302. The summed E-state index contributed by atoms with van der Waals surface area (Å²) >= 11 is 11.6. The largest absolute Gasteiger partial charge is 0.378 e. The Morgan fingerprint density at radius 1 is 1.38 bits per heavy atom. The van der Waals surface area contributed by atoms with Crippen LogP contribution < -0.4 is 0 Å². The molecule has 0 unspecified atom stereocenters. The molecule has 1 fully saturated rings. The highest BCUT2D eigenvalue weighted by Gasteiger charge is 2.21. The molecule has 1 amide bonds. The lowest BCUT2D eigenvalue weighted by Crippen LogP contribution is -2.40. The van der Waals surface area contributed by atoms with Crippen LogP contribution in [0.4, 0.5) is 0 Å². The maximum atomic E-state index is 12.1. The van der Waals surface area contributed by atoms with Crippen molar-refractivity contribution in [2.75, 3.05) is 26.3 Å². The number of rotatable bonds is 1. The monoisotopic (exact) mass is 260 g/mol. The van der Waals surface area contributed by atoms with Crippen molar-refractivity contribution in [1.29, 1.82) is 0 Å². The van der Waals surface area contributed by atoms with E-state index >= 15 is 0 Å². The summed E-state index contributed by atoms with van der Waals surface area (Å²) in [6.45, 7) is 2.25. The van der Waals surface area contributed by atoms with Crippen molar-refractivity contribution in [1.82, 2.24) is 9.88 Å². The molecular formula is C10H10Cl2N2O2. The van der Waals surface area contributed by atoms with E-state index in [2.05, 4.69) is 4.98 Å². The van der Waals surface area contributed by atoms with Crippen LogP contribution in [0.1, 0.15) is 10.4 Å². The third kappa shape index (κ3) is 2.45. The summed E-state index contributed by atoms with van der Waals surface area (Å²) in [5.41, 5.74) is 0.344. The molecule has 16 heavy (non-hydrogen) atoms. The van der Waals surface area contributed by atoms with Gasteiger partial charge in [-0.25, -0.2) is 4.98 Å². The summed E-state index contributed by atoms with van der Waals surface area (Å²) in [4.78, 5) is 17.6. The second-order valence-electron chi connectivity index (χ2n) is 3.40. The van der Waals surface area contributed by atoms with E-state index in [-0.39, 0.29) is 11.1 Å². The number of carbonyl (C=O) groups excluding carboxylic acids is 1. The molecule has 0 N–H and O–H groups in total. The smallest absolute Gasteiger partial charge is 0.257 e. The van der Waals surface area contributed by atoms with Gasteiger partial charge in [-0.15, -0.1) is 0 Å². The summed E-state index contributed by atoms with van der Waals surface area (Å²) in [6, 6.07) is 1.54. The number of ether oxygens (including phenoxy) is 1. The number of amides is 1. The van der Waals surface area contributed by atoms with E-state index in [1.807, 2.05) is 0 Å². The van der Waals surface area contributed by atoms with Crippen molar-refractivity contribution in [2.24, 2.45) is 0 Å². The van der Waals surface area contributed by atoms with Gasteiger partial charge in [0, 0.05) is 19.3 Å². The van der Waals surface area contributed by atoms with Gasteiger partial charge in [0.15, 0.2) is 0 Å². The van der Waals surface area contributed by atoms with Gasteiger partial charge in [0.25, 0.3) is 5.91 Å². The second-order valence-corrected chi connectivity index (χ2v) is 4.19. The standard InChI is InChI=1S/C10H10Cl2N2O2/c11-7-5-8(9(12)13-6-7)10(15)14-1-3-16-4-2-14/h5-6H,1-4H2. The molecule has 0 atom stereocenters. The average Bonchev–Trinajstić information content (AvgIpc) is 2.32. The van der Waals surface area contributed by atoms with E-state index in [4.69, 9.17) is 27.9 Å². The van der Waals surface area contributed by atoms with Gasteiger partial charge in [-0.05, 0) is 6.07 Å². The fourth-order valence-corrected chi connectivity index (χ4v) is 1.85. The predicted octanol–water partition coefficient (Wildman–Crippen LogP) is 1.86. The normalized spacial score (nSPS) is 16.2. The maximum Gasteiger partial charge on any atom is 0.257 e. The lowest BCUT2D eigenvalue weighted by atomic mass is 10.2. The van der Waals surface area contributed by atoms with Crippen LogP contribution in [0.15, 0.2) is 12.3 Å². The molecule has 1 saturated heterocycles. The van der Waals surface area contributed by atoms with Crippen LogP contribution in [0.2, 0.25) is 10.2 Å². The summed E-state index contributed by atoms with van der Waals surface area (Å²) in [5, 5.41) is 0.585. The molecule has 1 aliphatic rings. The fraction of sp³-hybridized carbons (Fsp3) is 0.400. The third-order valence-corrected chi connectivity index (χ3v) is 2.84. The minimum atomic E-state index is -0.150. The molecule has 6 heteroatoms. The number of nitrogens with zero attached hydrogens (tertiary/aromatic N) is 2. The Bertz CT molecular complexity index is 406. The zero-order valence-electron chi connectivity index (χ0n) is 8.45. The number of hydrogen-bond donors (Lipinski definition) is 0. The molecule has 0 saturated carbocycles. The Morgan fingerprint density at radius 3 is 2.75 bits per heavy atom. The molecule has 0 aromatic carbocycles. The molecule has 2 rings (SSSR count). The van der Waals surface area contributed by atoms with Gasteiger partial charge in [-0.2, -0.15) is 0 Å². The van der Waals surface area contributed by atoms with Gasteiger partial charge in [0.1, 0.15) is 5.15 Å². The second kappa shape index (κ2) is 4.99. The number of hydrogen-bond acceptors (Lipinski definition) is 3. The number of pyridine rings is 1. The molecule has 2 heterocycles. The highest BCUT2D eigenvalue weighted by atomic mass is 35.5. The highest BCUT2D eigenvalue weighted by molar-refractivity contribution is 6.34. The Labute approximate surface area is 103 Å².